The Morgan fingerprint density at radius 1 is 0.314 bits per heavy atom. The van der Waals surface area contributed by atoms with Crippen LogP contribution in [-0.2, 0) is 58.9 Å². The largest absolute Gasteiger partial charge is 1.00 e. The first-order chi connectivity index (χ1) is 33.5. The monoisotopic (exact) mass is 1300 g/mol. The van der Waals surface area contributed by atoms with Crippen LogP contribution in [-0.4, -0.2) is 9.13 Å². The second kappa shape index (κ2) is 23.0. The molecule has 0 unspecified atom stereocenters. The zero-order chi connectivity index (χ0) is 46.4. The Bertz CT molecular complexity index is 3470. The van der Waals surface area contributed by atoms with Gasteiger partial charge < -0.3 is 22.0 Å². The van der Waals surface area contributed by atoms with Crippen LogP contribution in [0.3, 0.4) is 0 Å². The fraction of sp³-hybridized carbons (Fsp3) is 0.0312. The molecule has 0 amide bonds. The third-order valence-corrected chi connectivity index (χ3v) is 18.6. The summed E-state index contributed by atoms with van der Waals surface area (Å²) in [4.78, 5) is 0. The Morgan fingerprint density at radius 2 is 0.600 bits per heavy atom. The van der Waals surface area contributed by atoms with Crippen LogP contribution in [0.2, 0.25) is 0 Å². The molecule has 6 heteroatoms. The van der Waals surface area contributed by atoms with E-state index in [-0.39, 0.29) is 44.8 Å². The first-order valence-corrected chi connectivity index (χ1v) is 25.8. The van der Waals surface area contributed by atoms with E-state index in [4.69, 9.17) is 12.8 Å². The third-order valence-electron chi connectivity index (χ3n) is 12.8. The Morgan fingerprint density at radius 3 is 0.929 bits per heavy atom. The molecule has 12 rings (SSSR count). The van der Waals surface area contributed by atoms with Crippen molar-refractivity contribution in [2.45, 2.75) is 0 Å². The van der Waals surface area contributed by atoms with Crippen molar-refractivity contribution in [3.8, 4) is 11.8 Å². The van der Waals surface area contributed by atoms with Crippen LogP contribution in [0.25, 0.3) is 54.4 Å². The Hall–Kier alpha value is -6.48. The summed E-state index contributed by atoms with van der Waals surface area (Å²) >= 11 is 0. The fourth-order valence-electron chi connectivity index (χ4n) is 9.51. The summed E-state index contributed by atoms with van der Waals surface area (Å²) in [6, 6.07) is 87.0. The van der Waals surface area contributed by atoms with E-state index >= 15 is 0 Å². The summed E-state index contributed by atoms with van der Waals surface area (Å²) in [5, 5.41) is 16.3. The smallest absolute Gasteiger partial charge is 0.366 e. The molecule has 2 nitrogen and oxygen atoms in total. The van der Waals surface area contributed by atoms with E-state index in [2.05, 4.69) is 241 Å². The van der Waals surface area contributed by atoms with Crippen LogP contribution in [0.5, 0.6) is 0 Å². The van der Waals surface area contributed by atoms with Crippen molar-refractivity contribution in [2.24, 2.45) is 14.1 Å². The summed E-state index contributed by atoms with van der Waals surface area (Å²) in [6.45, 7) is 0. The normalized spacial score (nSPS) is 10.7. The number of benzene rings is 10. The number of aromatic nitrogens is 2. The van der Waals surface area contributed by atoms with Crippen LogP contribution in [0.4, 0.5) is 0 Å². The first kappa shape index (κ1) is 49.9. The van der Waals surface area contributed by atoms with Crippen LogP contribution in [0.1, 0.15) is 11.1 Å². The van der Waals surface area contributed by atoms with Crippen molar-refractivity contribution in [1.29, 1.82) is 0 Å². The first-order valence-electron chi connectivity index (χ1n) is 22.8. The molecule has 10 aromatic carbocycles. The molecule has 344 valence electrons. The SMILES string of the molecule is [Au+].[Au+].[C-]#Cc1ccc2c3ccccc3n(C)c2c1.[C-]#Cc1ccc2c3ccccc3n(C)c2c1.c1ccc([PH+](c2ccccc2)c2cc3ccccc3cc2[PH+](c2ccccc2)c2ccccc2)cc1. The van der Waals surface area contributed by atoms with Gasteiger partial charge in [0.2, 0.25) is 0 Å². The van der Waals surface area contributed by atoms with E-state index < -0.39 is 15.8 Å². The van der Waals surface area contributed by atoms with Gasteiger partial charge in [-0.15, -0.1) is 35.4 Å². The minimum atomic E-state index is -1.23. The minimum absolute atomic E-state index is 0. The van der Waals surface area contributed by atoms with E-state index in [0.29, 0.717) is 0 Å². The van der Waals surface area contributed by atoms with Crippen molar-refractivity contribution in [2.75, 3.05) is 0 Å². The third kappa shape index (κ3) is 10.2. The Kier molecular flexibility index (Phi) is 16.4. The molecule has 2 heterocycles. The summed E-state index contributed by atoms with van der Waals surface area (Å²) in [6.07, 6.45) is 14.3. The molecule has 0 atom stereocenters. The average Bonchev–Trinajstić information content (AvgIpc) is 3.86. The van der Waals surface area contributed by atoms with Gasteiger partial charge in [-0.2, -0.15) is 0 Å². The number of aryl methyl sites for hydroxylation is 2. The van der Waals surface area contributed by atoms with Crippen molar-refractivity contribution in [1.82, 2.24) is 9.13 Å². The van der Waals surface area contributed by atoms with Gasteiger partial charge in [0.25, 0.3) is 0 Å². The maximum Gasteiger partial charge on any atom is 1.00 e. The maximum atomic E-state index is 7.16. The maximum absolute atomic E-state index is 7.16. The molecule has 0 aliphatic heterocycles. The second-order valence-electron chi connectivity index (χ2n) is 16.8. The topological polar surface area (TPSA) is 9.86 Å². The Balaban J connectivity index is 0.000000160. The molecule has 0 aliphatic carbocycles. The number of hydrogen-bond acceptors (Lipinski definition) is 0. The predicted molar refractivity (Wildman–Crippen MR) is 297 cm³/mol. The fourth-order valence-corrected chi connectivity index (χ4v) is 15.6. The van der Waals surface area contributed by atoms with Gasteiger partial charge >= 0.3 is 44.8 Å². The number of hydrogen-bond donors (Lipinski definition) is 0. The predicted octanol–water partition coefficient (Wildman–Crippen LogP) is 12.4. The summed E-state index contributed by atoms with van der Waals surface area (Å²) in [5.74, 6) is 4.85. The zero-order valence-corrected chi connectivity index (χ0v) is 44.9. The molecule has 70 heavy (non-hydrogen) atoms. The van der Waals surface area contributed by atoms with Gasteiger partial charge in [0.1, 0.15) is 47.7 Å². The van der Waals surface area contributed by atoms with Crippen LogP contribution in [0, 0.1) is 24.7 Å². The molecular formula is C64H48Au2N2P2+2. The molecule has 2 aromatic heterocycles. The molecule has 0 saturated carbocycles. The van der Waals surface area contributed by atoms with Crippen molar-refractivity contribution >= 4 is 102 Å². The number of para-hydroxylation sites is 2. The van der Waals surface area contributed by atoms with Crippen LogP contribution in [0.15, 0.2) is 243 Å². The molecule has 0 N–H and O–H groups in total. The minimum Gasteiger partial charge on any atom is -0.366 e. The van der Waals surface area contributed by atoms with Crippen molar-refractivity contribution in [3.05, 3.63) is 267 Å². The van der Waals surface area contributed by atoms with E-state index in [0.717, 1.165) is 22.2 Å². The molecule has 12 aromatic rings. The molecule has 0 bridgehead atoms. The average molecular weight is 1300 g/mol. The quantitative estimate of drug-likeness (QED) is 0.0680. The van der Waals surface area contributed by atoms with Gasteiger partial charge in [-0.3, -0.25) is 11.8 Å². The van der Waals surface area contributed by atoms with E-state index in [1.807, 2.05) is 36.4 Å². The van der Waals surface area contributed by atoms with Gasteiger partial charge in [0, 0.05) is 57.7 Å². The van der Waals surface area contributed by atoms with Crippen molar-refractivity contribution < 1.29 is 44.8 Å². The van der Waals surface area contributed by atoms with Gasteiger partial charge in [-0.1, -0.05) is 146 Å². The zero-order valence-electron chi connectivity index (χ0n) is 38.6. The van der Waals surface area contributed by atoms with Crippen LogP contribution >= 0.6 is 15.8 Å². The molecule has 0 spiro atoms. The number of fused-ring (bicyclic) bond motifs is 7. The summed E-state index contributed by atoms with van der Waals surface area (Å²) < 4.78 is 4.32. The van der Waals surface area contributed by atoms with E-state index in [9.17, 15) is 0 Å². The molecule has 0 fully saturated rings. The van der Waals surface area contributed by atoms with Crippen LogP contribution < -0.4 is 31.8 Å². The van der Waals surface area contributed by atoms with E-state index in [1.54, 1.807) is 0 Å². The summed E-state index contributed by atoms with van der Waals surface area (Å²) in [7, 11) is 1.65. The summed E-state index contributed by atoms with van der Waals surface area (Å²) in [5.41, 5.74) is 6.38. The van der Waals surface area contributed by atoms with Gasteiger partial charge in [0.15, 0.2) is 0 Å². The number of rotatable bonds is 6. The molecular weight excluding hydrogens is 1250 g/mol. The standard InChI is InChI=1S/C34H26P2.2C15H10N.2Au/c1-5-17-29(18-6-1)35(30-19-7-2-8-20-30)33-25-27-15-13-14-16-28(27)26-34(33)36(31-21-9-3-10-22-31)32-23-11-4-12-24-32;2*1-3-11-8-9-13-12-6-4-5-7-14(12)16(2)15(13)10-11;;/h1-26H;2*4-10H,2H3;;/q;2*-1;2*+1/p+2. The Labute approximate surface area is 444 Å². The van der Waals surface area contributed by atoms with E-state index in [1.165, 1.54) is 75.2 Å². The second-order valence-corrected chi connectivity index (χ2v) is 21.7. The molecule has 0 aliphatic rings. The van der Waals surface area contributed by atoms with Gasteiger partial charge in [0.05, 0.1) is 0 Å². The van der Waals surface area contributed by atoms with Gasteiger partial charge in [-0.25, -0.2) is 0 Å². The number of nitrogens with zero attached hydrogens (tertiary/aromatic N) is 2. The molecule has 0 radical (unpaired) electrons. The van der Waals surface area contributed by atoms with Crippen molar-refractivity contribution in [3.63, 3.8) is 0 Å². The molecule has 0 saturated heterocycles. The van der Waals surface area contributed by atoms with Gasteiger partial charge in [-0.05, 0) is 83.6 Å².